The number of halogens is 3. The third kappa shape index (κ3) is 3.05. The predicted molar refractivity (Wildman–Crippen MR) is 85.7 cm³/mol. The molecule has 1 N–H and O–H groups in total. The van der Waals surface area contributed by atoms with Crippen LogP contribution in [0, 0.1) is 5.82 Å². The maximum absolute atomic E-state index is 14.4. The summed E-state index contributed by atoms with van der Waals surface area (Å²) in [4.78, 5) is 0. The van der Waals surface area contributed by atoms with Gasteiger partial charge in [0.25, 0.3) is 0 Å². The van der Waals surface area contributed by atoms with Crippen molar-refractivity contribution in [3.63, 3.8) is 0 Å². The van der Waals surface area contributed by atoms with E-state index in [1.165, 1.54) is 7.11 Å². The first-order valence-electron chi connectivity index (χ1n) is 6.03. The van der Waals surface area contributed by atoms with Crippen molar-refractivity contribution in [3.05, 3.63) is 62.3 Å². The fourth-order valence-corrected chi connectivity index (χ4v) is 3.40. The largest absolute Gasteiger partial charge is 0.494 e. The van der Waals surface area contributed by atoms with Crippen LogP contribution in [0.25, 0.3) is 0 Å². The van der Waals surface area contributed by atoms with Gasteiger partial charge in [0.05, 0.1) is 13.2 Å². The lowest BCUT2D eigenvalue weighted by atomic mass is 9.98. The van der Waals surface area contributed by atoms with E-state index in [-0.39, 0.29) is 17.6 Å². The molecule has 106 valence electrons. The lowest BCUT2D eigenvalue weighted by Gasteiger charge is -2.20. The van der Waals surface area contributed by atoms with Crippen LogP contribution < -0.4 is 10.1 Å². The molecule has 5 heteroatoms. The van der Waals surface area contributed by atoms with Gasteiger partial charge >= 0.3 is 0 Å². The summed E-state index contributed by atoms with van der Waals surface area (Å²) in [5.41, 5.74) is 1.51. The zero-order valence-corrected chi connectivity index (χ0v) is 14.3. The van der Waals surface area contributed by atoms with Gasteiger partial charge in [0, 0.05) is 14.5 Å². The normalized spacial score (nSPS) is 12.2. The van der Waals surface area contributed by atoms with Gasteiger partial charge in [-0.3, -0.25) is 0 Å². The summed E-state index contributed by atoms with van der Waals surface area (Å²) in [5, 5.41) is 3.15. The summed E-state index contributed by atoms with van der Waals surface area (Å²) in [6.07, 6.45) is 0. The molecule has 0 fully saturated rings. The molecular formula is C15H14Br2FNO. The van der Waals surface area contributed by atoms with Gasteiger partial charge in [-0.05, 0) is 30.8 Å². The number of nitrogens with one attached hydrogen (secondary N) is 1. The van der Waals surface area contributed by atoms with Crippen LogP contribution in [0.5, 0.6) is 5.75 Å². The van der Waals surface area contributed by atoms with Crippen LogP contribution in [0.3, 0.4) is 0 Å². The first-order valence-corrected chi connectivity index (χ1v) is 7.61. The Hall–Kier alpha value is -0.910. The van der Waals surface area contributed by atoms with Crippen LogP contribution in [0.2, 0.25) is 0 Å². The number of benzene rings is 2. The Morgan fingerprint density at radius 1 is 1.15 bits per heavy atom. The van der Waals surface area contributed by atoms with E-state index < -0.39 is 0 Å². The molecule has 2 rings (SSSR count). The van der Waals surface area contributed by atoms with Crippen molar-refractivity contribution >= 4 is 31.9 Å². The molecule has 1 unspecified atom stereocenters. The number of hydrogen-bond donors (Lipinski definition) is 1. The van der Waals surface area contributed by atoms with Crippen molar-refractivity contribution in [1.29, 1.82) is 0 Å². The molecule has 0 aliphatic heterocycles. The highest BCUT2D eigenvalue weighted by Gasteiger charge is 2.20. The molecule has 2 nitrogen and oxygen atoms in total. The highest BCUT2D eigenvalue weighted by atomic mass is 79.9. The molecule has 0 heterocycles. The fourth-order valence-electron chi connectivity index (χ4n) is 2.12. The quantitative estimate of drug-likeness (QED) is 0.802. The minimum absolute atomic E-state index is 0.246. The lowest BCUT2D eigenvalue weighted by Crippen LogP contribution is -2.19. The highest BCUT2D eigenvalue weighted by molar-refractivity contribution is 9.11. The van der Waals surface area contributed by atoms with Crippen molar-refractivity contribution in [3.8, 4) is 5.75 Å². The van der Waals surface area contributed by atoms with Crippen molar-refractivity contribution in [2.45, 2.75) is 6.04 Å². The molecule has 1 atom stereocenters. The molecule has 0 amide bonds. The summed E-state index contributed by atoms with van der Waals surface area (Å²) < 4.78 is 21.3. The van der Waals surface area contributed by atoms with Crippen molar-refractivity contribution in [2.75, 3.05) is 14.2 Å². The summed E-state index contributed by atoms with van der Waals surface area (Å²) in [6, 6.07) is 10.7. The first-order chi connectivity index (χ1) is 9.58. The van der Waals surface area contributed by atoms with Crippen molar-refractivity contribution in [2.24, 2.45) is 0 Å². The third-order valence-electron chi connectivity index (χ3n) is 3.09. The molecule has 0 radical (unpaired) electrons. The van der Waals surface area contributed by atoms with Crippen LogP contribution in [-0.2, 0) is 0 Å². The molecule has 0 aliphatic carbocycles. The smallest absolute Gasteiger partial charge is 0.170 e. The number of hydrogen-bond acceptors (Lipinski definition) is 2. The molecule has 0 saturated heterocycles. The summed E-state index contributed by atoms with van der Waals surface area (Å²) >= 11 is 6.94. The van der Waals surface area contributed by atoms with Gasteiger partial charge in [0.2, 0.25) is 0 Å². The second-order valence-corrected chi connectivity index (χ2v) is 6.02. The average molecular weight is 403 g/mol. The fraction of sp³-hybridized carbons (Fsp3) is 0.200. The Kier molecular flexibility index (Phi) is 5.18. The Balaban J connectivity index is 2.52. The molecular weight excluding hydrogens is 389 g/mol. The van der Waals surface area contributed by atoms with Crippen LogP contribution in [-0.4, -0.2) is 14.2 Å². The third-order valence-corrected chi connectivity index (χ3v) is 4.27. The SMILES string of the molecule is CNC(c1ccc(Br)cc1Br)c1cccc(OC)c1F. The van der Waals surface area contributed by atoms with Crippen LogP contribution in [0.4, 0.5) is 4.39 Å². The second-order valence-electron chi connectivity index (χ2n) is 4.25. The van der Waals surface area contributed by atoms with E-state index in [2.05, 4.69) is 37.2 Å². The van der Waals surface area contributed by atoms with Crippen LogP contribution in [0.15, 0.2) is 45.3 Å². The molecule has 0 spiro atoms. The summed E-state index contributed by atoms with van der Waals surface area (Å²) in [6.45, 7) is 0. The highest BCUT2D eigenvalue weighted by Crippen LogP contribution is 2.33. The monoisotopic (exact) mass is 401 g/mol. The first kappa shape index (κ1) is 15.5. The second kappa shape index (κ2) is 6.70. The Morgan fingerprint density at radius 3 is 2.50 bits per heavy atom. The van der Waals surface area contributed by atoms with Gasteiger partial charge in [0.15, 0.2) is 11.6 Å². The molecule has 0 bridgehead atoms. The Bertz CT molecular complexity index is 619. The molecule has 2 aromatic rings. The predicted octanol–water partition coefficient (Wildman–Crippen LogP) is 4.67. The van der Waals surface area contributed by atoms with E-state index in [1.807, 2.05) is 18.2 Å². The average Bonchev–Trinajstić information content (AvgIpc) is 2.43. The van der Waals surface area contributed by atoms with Gasteiger partial charge in [0.1, 0.15) is 0 Å². The summed E-state index contributed by atoms with van der Waals surface area (Å²) in [7, 11) is 3.27. The van der Waals surface area contributed by atoms with E-state index in [0.717, 1.165) is 14.5 Å². The summed E-state index contributed by atoms with van der Waals surface area (Å²) in [5.74, 6) is -0.0971. The zero-order valence-electron chi connectivity index (χ0n) is 11.1. The van der Waals surface area contributed by atoms with E-state index in [0.29, 0.717) is 5.56 Å². The van der Waals surface area contributed by atoms with E-state index in [9.17, 15) is 4.39 Å². The molecule has 0 aliphatic rings. The van der Waals surface area contributed by atoms with Crippen molar-refractivity contribution in [1.82, 2.24) is 5.32 Å². The van der Waals surface area contributed by atoms with Gasteiger partial charge in [-0.2, -0.15) is 0 Å². The van der Waals surface area contributed by atoms with Crippen LogP contribution in [0.1, 0.15) is 17.2 Å². The topological polar surface area (TPSA) is 21.3 Å². The van der Waals surface area contributed by atoms with E-state index in [4.69, 9.17) is 4.74 Å². The molecule has 0 aromatic heterocycles. The van der Waals surface area contributed by atoms with Gasteiger partial charge in [-0.25, -0.2) is 4.39 Å². The van der Waals surface area contributed by atoms with Gasteiger partial charge < -0.3 is 10.1 Å². The molecule has 0 saturated carbocycles. The van der Waals surface area contributed by atoms with Crippen LogP contribution >= 0.6 is 31.9 Å². The van der Waals surface area contributed by atoms with E-state index in [1.54, 1.807) is 25.2 Å². The molecule has 20 heavy (non-hydrogen) atoms. The number of ether oxygens (including phenoxy) is 1. The lowest BCUT2D eigenvalue weighted by molar-refractivity contribution is 0.382. The maximum atomic E-state index is 14.4. The van der Waals surface area contributed by atoms with Gasteiger partial charge in [-0.1, -0.05) is 50.1 Å². The minimum atomic E-state index is -0.343. The maximum Gasteiger partial charge on any atom is 0.170 e. The Morgan fingerprint density at radius 2 is 1.90 bits per heavy atom. The minimum Gasteiger partial charge on any atom is -0.494 e. The standard InChI is InChI=1S/C15H14Br2FNO/c1-19-15(10-7-6-9(16)8-12(10)17)11-4-3-5-13(20-2)14(11)18/h3-8,15,19H,1-2H3. The Labute approximate surface area is 134 Å². The zero-order chi connectivity index (χ0) is 14.7. The number of rotatable bonds is 4. The molecule has 2 aromatic carbocycles. The number of methoxy groups -OCH3 is 1. The van der Waals surface area contributed by atoms with E-state index >= 15 is 0 Å². The van der Waals surface area contributed by atoms with Crippen molar-refractivity contribution < 1.29 is 9.13 Å². The van der Waals surface area contributed by atoms with Gasteiger partial charge in [-0.15, -0.1) is 0 Å².